The predicted molar refractivity (Wildman–Crippen MR) is 84.1 cm³/mol. The van der Waals surface area contributed by atoms with Crippen molar-refractivity contribution in [2.45, 2.75) is 24.5 Å². The molecule has 8 heteroatoms. The maximum Gasteiger partial charge on any atom is 0.250 e. The third-order valence-electron chi connectivity index (χ3n) is 2.74. The van der Waals surface area contributed by atoms with Gasteiger partial charge < -0.3 is 5.32 Å². The molecule has 0 bridgehead atoms. The molecule has 114 valence electrons. The minimum absolute atomic E-state index is 0.296. The molecule has 21 heavy (non-hydrogen) atoms. The quantitative estimate of drug-likeness (QED) is 0.758. The lowest BCUT2D eigenvalue weighted by Crippen LogP contribution is -2.28. The summed E-state index contributed by atoms with van der Waals surface area (Å²) in [7, 11) is -3.40. The van der Waals surface area contributed by atoms with Crippen molar-refractivity contribution in [1.82, 2.24) is 14.7 Å². The Morgan fingerprint density at radius 2 is 2.10 bits per heavy atom. The van der Waals surface area contributed by atoms with Gasteiger partial charge in [-0.05, 0) is 24.8 Å². The number of rotatable bonds is 7. The van der Waals surface area contributed by atoms with E-state index < -0.39 is 10.0 Å². The first kappa shape index (κ1) is 15.9. The molecule has 2 aromatic heterocycles. The summed E-state index contributed by atoms with van der Waals surface area (Å²) in [6, 6.07) is 5.18. The Balaban J connectivity index is 1.86. The van der Waals surface area contributed by atoms with Gasteiger partial charge in [0.05, 0.1) is 0 Å². The minimum atomic E-state index is -3.40. The molecule has 2 N–H and O–H groups in total. The van der Waals surface area contributed by atoms with Crippen LogP contribution in [0.15, 0.2) is 27.8 Å². The van der Waals surface area contributed by atoms with Crippen molar-refractivity contribution in [1.29, 1.82) is 0 Å². The van der Waals surface area contributed by atoms with Gasteiger partial charge in [-0.2, -0.15) is 0 Å². The summed E-state index contributed by atoms with van der Waals surface area (Å²) in [5.41, 5.74) is 0.962. The van der Waals surface area contributed by atoms with Gasteiger partial charge in [0.25, 0.3) is 0 Å². The fourth-order valence-electron chi connectivity index (χ4n) is 1.76. The SMILES string of the molecule is CCc1cc(NCCNS(=O)(=O)c2cccs2)nc(C)n1. The standard InChI is InChI=1S/C13H18N4O2S2/c1-3-11-9-12(17-10(2)16-11)14-6-7-15-21(18,19)13-5-4-8-20-13/h4-5,8-9,15H,3,6-7H2,1-2H3,(H,14,16,17). The normalized spacial score (nSPS) is 11.5. The van der Waals surface area contributed by atoms with Crippen molar-refractivity contribution < 1.29 is 8.42 Å². The van der Waals surface area contributed by atoms with Gasteiger partial charge in [0.15, 0.2) is 0 Å². The third-order valence-corrected chi connectivity index (χ3v) is 5.59. The molecule has 2 rings (SSSR count). The summed E-state index contributed by atoms with van der Waals surface area (Å²) in [4.78, 5) is 8.56. The summed E-state index contributed by atoms with van der Waals surface area (Å²) in [5, 5.41) is 4.84. The van der Waals surface area contributed by atoms with E-state index in [1.807, 2.05) is 19.9 Å². The van der Waals surface area contributed by atoms with Gasteiger partial charge in [0, 0.05) is 24.8 Å². The number of hydrogen-bond donors (Lipinski definition) is 2. The molecule has 0 atom stereocenters. The maximum absolute atomic E-state index is 11.9. The predicted octanol–water partition coefficient (Wildman–Crippen LogP) is 1.80. The van der Waals surface area contributed by atoms with Crippen LogP contribution < -0.4 is 10.0 Å². The number of sulfonamides is 1. The number of nitrogens with zero attached hydrogens (tertiary/aromatic N) is 2. The topological polar surface area (TPSA) is 84.0 Å². The highest BCUT2D eigenvalue weighted by molar-refractivity contribution is 7.91. The van der Waals surface area contributed by atoms with Crippen LogP contribution in [0.4, 0.5) is 5.82 Å². The van der Waals surface area contributed by atoms with Crippen molar-refractivity contribution in [3.63, 3.8) is 0 Å². The maximum atomic E-state index is 11.9. The van der Waals surface area contributed by atoms with Crippen LogP contribution in [0.25, 0.3) is 0 Å². The molecule has 0 saturated heterocycles. The second-order valence-corrected chi connectivity index (χ2v) is 7.34. The van der Waals surface area contributed by atoms with Crippen LogP contribution in [-0.2, 0) is 16.4 Å². The summed E-state index contributed by atoms with van der Waals surface area (Å²) in [6.45, 7) is 4.62. The largest absolute Gasteiger partial charge is 0.369 e. The lowest BCUT2D eigenvalue weighted by molar-refractivity contribution is 0.585. The lowest BCUT2D eigenvalue weighted by atomic mass is 10.3. The average Bonchev–Trinajstić information content (AvgIpc) is 2.98. The van der Waals surface area contributed by atoms with Crippen molar-refractivity contribution in [3.05, 3.63) is 35.1 Å². The van der Waals surface area contributed by atoms with E-state index in [-0.39, 0.29) is 0 Å². The Morgan fingerprint density at radius 3 is 2.76 bits per heavy atom. The Kier molecular flexibility index (Phi) is 5.27. The van der Waals surface area contributed by atoms with Crippen LogP contribution in [0, 0.1) is 6.92 Å². The van der Waals surface area contributed by atoms with Gasteiger partial charge in [0.2, 0.25) is 10.0 Å². The van der Waals surface area contributed by atoms with Gasteiger partial charge in [0.1, 0.15) is 15.9 Å². The van der Waals surface area contributed by atoms with Gasteiger partial charge in [-0.1, -0.05) is 13.0 Å². The van der Waals surface area contributed by atoms with E-state index in [0.29, 0.717) is 23.1 Å². The first-order valence-electron chi connectivity index (χ1n) is 6.63. The summed E-state index contributed by atoms with van der Waals surface area (Å²) >= 11 is 1.20. The number of thiophene rings is 1. The average molecular weight is 326 g/mol. The first-order chi connectivity index (χ1) is 10.0. The fourth-order valence-corrected chi connectivity index (χ4v) is 3.83. The van der Waals surface area contributed by atoms with Gasteiger partial charge in [-0.15, -0.1) is 11.3 Å². The van der Waals surface area contributed by atoms with Gasteiger partial charge >= 0.3 is 0 Å². The summed E-state index contributed by atoms with van der Waals surface area (Å²) < 4.78 is 26.7. The highest BCUT2D eigenvalue weighted by Gasteiger charge is 2.13. The third kappa shape index (κ3) is 4.48. The molecule has 0 aliphatic heterocycles. The Bertz CT molecular complexity index is 684. The molecule has 0 spiro atoms. The zero-order valence-corrected chi connectivity index (χ0v) is 13.6. The van der Waals surface area contributed by atoms with E-state index in [9.17, 15) is 8.42 Å². The fraction of sp³-hybridized carbons (Fsp3) is 0.385. The Morgan fingerprint density at radius 1 is 1.29 bits per heavy atom. The van der Waals surface area contributed by atoms with Crippen molar-refractivity contribution in [2.24, 2.45) is 0 Å². The van der Waals surface area contributed by atoms with Gasteiger partial charge in [-0.25, -0.2) is 23.1 Å². The molecule has 0 fully saturated rings. The van der Waals surface area contributed by atoms with Crippen LogP contribution >= 0.6 is 11.3 Å². The van der Waals surface area contributed by atoms with Crippen LogP contribution in [0.1, 0.15) is 18.4 Å². The molecule has 0 aliphatic carbocycles. The van der Waals surface area contributed by atoms with Crippen molar-refractivity contribution >= 4 is 27.2 Å². The van der Waals surface area contributed by atoms with Crippen LogP contribution in [-0.4, -0.2) is 31.5 Å². The van der Waals surface area contributed by atoms with Gasteiger partial charge in [-0.3, -0.25) is 0 Å². The monoisotopic (exact) mass is 326 g/mol. The number of anilines is 1. The summed E-state index contributed by atoms with van der Waals surface area (Å²) in [5.74, 6) is 1.42. The van der Waals surface area contributed by atoms with Crippen molar-refractivity contribution in [3.8, 4) is 0 Å². The molecular formula is C13H18N4O2S2. The molecule has 0 unspecified atom stereocenters. The van der Waals surface area contributed by atoms with E-state index in [0.717, 1.165) is 17.9 Å². The van der Waals surface area contributed by atoms with Crippen molar-refractivity contribution in [2.75, 3.05) is 18.4 Å². The molecule has 6 nitrogen and oxygen atoms in total. The van der Waals surface area contributed by atoms with E-state index in [1.165, 1.54) is 11.3 Å². The van der Waals surface area contributed by atoms with E-state index in [2.05, 4.69) is 20.0 Å². The molecule has 0 radical (unpaired) electrons. The minimum Gasteiger partial charge on any atom is -0.369 e. The highest BCUT2D eigenvalue weighted by Crippen LogP contribution is 2.14. The molecule has 2 aromatic rings. The number of aromatic nitrogens is 2. The molecular weight excluding hydrogens is 308 g/mol. The molecule has 0 aliphatic rings. The van der Waals surface area contributed by atoms with Crippen LogP contribution in [0.2, 0.25) is 0 Å². The zero-order chi connectivity index (χ0) is 15.3. The number of aryl methyl sites for hydroxylation is 2. The molecule has 2 heterocycles. The lowest BCUT2D eigenvalue weighted by Gasteiger charge is -2.08. The molecule has 0 aromatic carbocycles. The van der Waals surface area contributed by atoms with Crippen LogP contribution in [0.3, 0.4) is 0 Å². The summed E-state index contributed by atoms with van der Waals surface area (Å²) in [6.07, 6.45) is 0.836. The Hall–Kier alpha value is -1.51. The second kappa shape index (κ2) is 6.97. The smallest absolute Gasteiger partial charge is 0.250 e. The van der Waals surface area contributed by atoms with Crippen LogP contribution in [0.5, 0.6) is 0 Å². The second-order valence-electron chi connectivity index (χ2n) is 4.40. The van der Waals surface area contributed by atoms with E-state index in [4.69, 9.17) is 0 Å². The molecule has 0 amide bonds. The molecule has 0 saturated carbocycles. The van der Waals surface area contributed by atoms with E-state index in [1.54, 1.807) is 17.5 Å². The number of hydrogen-bond acceptors (Lipinski definition) is 6. The van der Waals surface area contributed by atoms with E-state index >= 15 is 0 Å². The first-order valence-corrected chi connectivity index (χ1v) is 8.99. The highest BCUT2D eigenvalue weighted by atomic mass is 32.2. The Labute approximate surface area is 128 Å². The zero-order valence-electron chi connectivity index (χ0n) is 12.0. The number of nitrogens with one attached hydrogen (secondary N) is 2.